The zero-order valence-corrected chi connectivity index (χ0v) is 28.1. The number of rotatable bonds is 15. The molecule has 0 aliphatic rings. The van der Waals surface area contributed by atoms with Crippen molar-refractivity contribution in [3.05, 3.63) is 124 Å². The highest BCUT2D eigenvalue weighted by Crippen LogP contribution is 2.28. The highest BCUT2D eigenvalue weighted by molar-refractivity contribution is 7.92. The maximum Gasteiger partial charge on any atom is 0.264 e. The first-order valence-electron chi connectivity index (χ1n) is 14.9. The van der Waals surface area contributed by atoms with Crippen molar-refractivity contribution < 1.29 is 22.7 Å². The Morgan fingerprint density at radius 3 is 2.13 bits per heavy atom. The summed E-state index contributed by atoms with van der Waals surface area (Å²) in [7, 11) is -2.79. The molecule has 0 saturated heterocycles. The second-order valence-electron chi connectivity index (χ2n) is 10.7. The van der Waals surface area contributed by atoms with E-state index in [4.69, 9.17) is 27.9 Å². The summed E-state index contributed by atoms with van der Waals surface area (Å²) in [6.07, 6.45) is 1.87. The van der Waals surface area contributed by atoms with E-state index >= 15 is 0 Å². The van der Waals surface area contributed by atoms with E-state index in [2.05, 4.69) is 5.32 Å². The van der Waals surface area contributed by atoms with Gasteiger partial charge in [-0.25, -0.2) is 8.42 Å². The minimum absolute atomic E-state index is 0.0179. The van der Waals surface area contributed by atoms with E-state index in [-0.39, 0.29) is 29.5 Å². The minimum Gasteiger partial charge on any atom is -0.497 e. The molecule has 0 aliphatic heterocycles. The molecule has 0 bridgehead atoms. The molecule has 1 N–H and O–H groups in total. The van der Waals surface area contributed by atoms with Gasteiger partial charge in [0.25, 0.3) is 10.0 Å². The van der Waals surface area contributed by atoms with Crippen LogP contribution >= 0.6 is 23.2 Å². The Morgan fingerprint density at radius 1 is 0.848 bits per heavy atom. The number of nitrogens with zero attached hydrogens (tertiary/aromatic N) is 2. The zero-order chi connectivity index (χ0) is 33.1. The molecule has 0 saturated carbocycles. The summed E-state index contributed by atoms with van der Waals surface area (Å²) in [6.45, 7) is 1.89. The summed E-state index contributed by atoms with van der Waals surface area (Å²) >= 11 is 12.6. The molecule has 1 atom stereocenters. The molecule has 242 valence electrons. The van der Waals surface area contributed by atoms with Gasteiger partial charge in [-0.05, 0) is 72.1 Å². The lowest BCUT2D eigenvalue weighted by molar-refractivity contribution is -0.140. The number of carbonyl (C=O) groups excluding carboxylic acids is 2. The highest BCUT2D eigenvalue weighted by Gasteiger charge is 2.34. The van der Waals surface area contributed by atoms with Gasteiger partial charge in [-0.2, -0.15) is 0 Å². The van der Waals surface area contributed by atoms with E-state index in [1.807, 2.05) is 43.3 Å². The summed E-state index contributed by atoms with van der Waals surface area (Å²) in [5, 5.41) is 3.75. The number of sulfonamides is 1. The Kier molecular flexibility index (Phi) is 12.5. The van der Waals surface area contributed by atoms with E-state index in [0.717, 1.165) is 22.7 Å². The standard InChI is InChI=1S/C35H37Cl2N3O5S/c1-3-4-20-38-35(42)33(22-26-10-6-5-7-11-26)39(24-27-12-8-13-28(36)21-27)34(41)25-40(30-15-9-14-29(37)23-30)46(43,44)32-18-16-31(45-2)17-19-32/h5-19,21,23,33H,3-4,20,22,24-25H2,1-2H3,(H,38,42). The van der Waals surface area contributed by atoms with Gasteiger partial charge in [0.15, 0.2) is 0 Å². The van der Waals surface area contributed by atoms with Gasteiger partial charge in [-0.15, -0.1) is 0 Å². The molecule has 11 heteroatoms. The van der Waals surface area contributed by atoms with Crippen LogP contribution < -0.4 is 14.4 Å². The minimum atomic E-state index is -4.28. The number of methoxy groups -OCH3 is 1. The topological polar surface area (TPSA) is 96.0 Å². The first kappa shape index (κ1) is 34.8. The molecule has 0 radical (unpaired) electrons. The van der Waals surface area contributed by atoms with Crippen molar-refractivity contribution in [2.24, 2.45) is 0 Å². The van der Waals surface area contributed by atoms with Gasteiger partial charge in [0.1, 0.15) is 18.3 Å². The second kappa shape index (κ2) is 16.5. The van der Waals surface area contributed by atoms with Crippen LogP contribution in [0.15, 0.2) is 108 Å². The van der Waals surface area contributed by atoms with Crippen LogP contribution in [0.3, 0.4) is 0 Å². The van der Waals surface area contributed by atoms with Crippen molar-refractivity contribution in [2.45, 2.75) is 43.7 Å². The maximum atomic E-state index is 14.5. The molecule has 0 fully saturated rings. The smallest absolute Gasteiger partial charge is 0.264 e. The predicted octanol–water partition coefficient (Wildman–Crippen LogP) is 6.75. The van der Waals surface area contributed by atoms with Crippen LogP contribution in [0.25, 0.3) is 0 Å². The van der Waals surface area contributed by atoms with Crippen LogP contribution in [-0.4, -0.2) is 51.4 Å². The van der Waals surface area contributed by atoms with Gasteiger partial charge in [-0.3, -0.25) is 13.9 Å². The van der Waals surface area contributed by atoms with Crippen molar-refractivity contribution in [1.82, 2.24) is 10.2 Å². The van der Waals surface area contributed by atoms with Gasteiger partial charge >= 0.3 is 0 Å². The maximum absolute atomic E-state index is 14.5. The quantitative estimate of drug-likeness (QED) is 0.140. The average molecular weight is 683 g/mol. The first-order valence-corrected chi connectivity index (χ1v) is 17.1. The number of amides is 2. The SMILES string of the molecule is CCCCNC(=O)C(Cc1ccccc1)N(Cc1cccc(Cl)c1)C(=O)CN(c1cccc(Cl)c1)S(=O)(=O)c1ccc(OC)cc1. The molecule has 0 spiro atoms. The van der Waals surface area contributed by atoms with Crippen LogP contribution in [-0.2, 0) is 32.6 Å². The molecule has 2 amide bonds. The largest absolute Gasteiger partial charge is 0.497 e. The number of halogens is 2. The Bertz CT molecular complexity index is 1720. The molecule has 8 nitrogen and oxygen atoms in total. The lowest BCUT2D eigenvalue weighted by Gasteiger charge is -2.34. The van der Waals surface area contributed by atoms with Gasteiger partial charge in [0, 0.05) is 29.6 Å². The third-order valence-electron chi connectivity index (χ3n) is 7.37. The summed E-state index contributed by atoms with van der Waals surface area (Å²) in [4.78, 5) is 29.7. The Morgan fingerprint density at radius 2 is 1.50 bits per heavy atom. The normalized spacial score (nSPS) is 11.8. The monoisotopic (exact) mass is 681 g/mol. The van der Waals surface area contributed by atoms with Crippen molar-refractivity contribution in [2.75, 3.05) is 24.5 Å². The van der Waals surface area contributed by atoms with Crippen molar-refractivity contribution in [3.63, 3.8) is 0 Å². The summed E-state index contributed by atoms with van der Waals surface area (Å²) in [5.41, 5.74) is 1.73. The molecule has 0 aliphatic carbocycles. The average Bonchev–Trinajstić information content (AvgIpc) is 3.05. The molecule has 0 heterocycles. The van der Waals surface area contributed by atoms with Gasteiger partial charge in [0.2, 0.25) is 11.8 Å². The number of benzene rings is 4. The molecule has 1 unspecified atom stereocenters. The Hall–Kier alpha value is -4.05. The molecule has 46 heavy (non-hydrogen) atoms. The number of anilines is 1. The van der Waals surface area contributed by atoms with E-state index in [0.29, 0.717) is 27.9 Å². The van der Waals surface area contributed by atoms with Gasteiger partial charge in [-0.1, -0.05) is 85.1 Å². The summed E-state index contributed by atoms with van der Waals surface area (Å²) in [5.74, 6) is -0.432. The first-order chi connectivity index (χ1) is 22.1. The summed E-state index contributed by atoms with van der Waals surface area (Å²) in [6, 6.07) is 27.6. The van der Waals surface area contributed by atoms with E-state index in [1.54, 1.807) is 36.4 Å². The molecule has 4 aromatic carbocycles. The number of carbonyl (C=O) groups is 2. The van der Waals surface area contributed by atoms with Gasteiger partial charge < -0.3 is 15.0 Å². The van der Waals surface area contributed by atoms with Crippen LogP contribution in [0.5, 0.6) is 5.75 Å². The van der Waals surface area contributed by atoms with Crippen LogP contribution in [0.2, 0.25) is 10.0 Å². The number of nitrogens with one attached hydrogen (secondary N) is 1. The van der Waals surface area contributed by atoms with E-state index in [1.165, 1.54) is 42.3 Å². The molecule has 0 aromatic heterocycles. The van der Waals surface area contributed by atoms with Crippen LogP contribution in [0.1, 0.15) is 30.9 Å². The van der Waals surface area contributed by atoms with Crippen LogP contribution in [0.4, 0.5) is 5.69 Å². The lowest BCUT2D eigenvalue weighted by atomic mass is 10.0. The Balaban J connectivity index is 1.79. The fraction of sp³-hybridized carbons (Fsp3) is 0.257. The van der Waals surface area contributed by atoms with Gasteiger partial charge in [0.05, 0.1) is 17.7 Å². The van der Waals surface area contributed by atoms with Crippen LogP contribution in [0, 0.1) is 0 Å². The lowest BCUT2D eigenvalue weighted by Crippen LogP contribution is -2.53. The zero-order valence-electron chi connectivity index (χ0n) is 25.7. The second-order valence-corrected chi connectivity index (χ2v) is 13.4. The van der Waals surface area contributed by atoms with E-state index in [9.17, 15) is 18.0 Å². The highest BCUT2D eigenvalue weighted by atomic mass is 35.5. The molecule has 4 aromatic rings. The van der Waals surface area contributed by atoms with Crippen molar-refractivity contribution in [1.29, 1.82) is 0 Å². The third-order valence-corrected chi connectivity index (χ3v) is 9.62. The number of unbranched alkanes of at least 4 members (excludes halogenated alkanes) is 1. The predicted molar refractivity (Wildman–Crippen MR) is 183 cm³/mol. The molecular weight excluding hydrogens is 645 g/mol. The summed E-state index contributed by atoms with van der Waals surface area (Å²) < 4.78 is 34.5. The van der Waals surface area contributed by atoms with E-state index < -0.39 is 28.5 Å². The molecular formula is C35H37Cl2N3O5S. The number of hydrogen-bond donors (Lipinski definition) is 1. The van der Waals surface area contributed by atoms with Crippen molar-refractivity contribution in [3.8, 4) is 5.75 Å². The molecule has 4 rings (SSSR count). The van der Waals surface area contributed by atoms with Crippen molar-refractivity contribution >= 4 is 50.7 Å². The third kappa shape index (κ3) is 9.25. The number of hydrogen-bond acceptors (Lipinski definition) is 5. The Labute approximate surface area is 280 Å². The fourth-order valence-electron chi connectivity index (χ4n) is 4.93. The fourth-order valence-corrected chi connectivity index (χ4v) is 6.73. The number of ether oxygens (including phenoxy) is 1.